The monoisotopic (exact) mass is 262 g/mol. The Morgan fingerprint density at radius 3 is 3.00 bits per heavy atom. The summed E-state index contributed by atoms with van der Waals surface area (Å²) in [5.41, 5.74) is 1.29. The Hall–Kier alpha value is -1.95. The highest BCUT2D eigenvalue weighted by molar-refractivity contribution is 5.56. The molecule has 2 aromatic rings. The first-order chi connectivity index (χ1) is 9.22. The third-order valence-electron chi connectivity index (χ3n) is 2.62. The molecule has 6 nitrogen and oxygen atoms in total. The van der Waals surface area contributed by atoms with Gasteiger partial charge in [-0.15, -0.1) is 0 Å². The van der Waals surface area contributed by atoms with Crippen molar-refractivity contribution in [2.24, 2.45) is 0 Å². The molecule has 0 saturated carbocycles. The molecule has 102 valence electrons. The molecule has 2 heterocycles. The van der Waals surface area contributed by atoms with Crippen molar-refractivity contribution >= 4 is 0 Å². The summed E-state index contributed by atoms with van der Waals surface area (Å²) in [6.45, 7) is 5.74. The highest BCUT2D eigenvalue weighted by Crippen LogP contribution is 2.14. The number of H-pyrrole nitrogens is 1. The first-order valence-corrected chi connectivity index (χ1v) is 6.43. The lowest BCUT2D eigenvalue weighted by molar-refractivity contribution is 0.128. The number of rotatable bonds is 6. The maximum absolute atomic E-state index is 11.6. The Labute approximate surface area is 111 Å². The maximum Gasteiger partial charge on any atom is 0.251 e. The molecule has 2 rings (SSSR count). The Morgan fingerprint density at radius 2 is 2.26 bits per heavy atom. The van der Waals surface area contributed by atoms with Crippen LogP contribution in [0.2, 0.25) is 0 Å². The summed E-state index contributed by atoms with van der Waals surface area (Å²) in [4.78, 5) is 18.6. The van der Waals surface area contributed by atoms with Crippen LogP contribution in [-0.4, -0.2) is 26.4 Å². The van der Waals surface area contributed by atoms with Crippen LogP contribution in [0.5, 0.6) is 0 Å². The predicted octanol–water partition coefficient (Wildman–Crippen LogP) is 1.58. The molecule has 0 aromatic carbocycles. The molecule has 2 aromatic heterocycles. The molecule has 19 heavy (non-hydrogen) atoms. The molecule has 0 aliphatic carbocycles. The third-order valence-corrected chi connectivity index (χ3v) is 2.62. The Balaban J connectivity index is 2.27. The van der Waals surface area contributed by atoms with Gasteiger partial charge >= 0.3 is 0 Å². The van der Waals surface area contributed by atoms with Crippen LogP contribution in [-0.2, 0) is 17.9 Å². The molecule has 0 saturated heterocycles. The largest absolute Gasteiger partial charge is 0.374 e. The fourth-order valence-electron chi connectivity index (χ4n) is 1.77. The number of hydrogen-bond acceptors (Lipinski definition) is 4. The quantitative estimate of drug-likeness (QED) is 0.857. The molecule has 0 radical (unpaired) electrons. The average Bonchev–Trinajstić information content (AvgIpc) is 2.85. The summed E-state index contributed by atoms with van der Waals surface area (Å²) in [5.74, 6) is 0.535. The number of nitrogens with one attached hydrogen (secondary N) is 1. The van der Waals surface area contributed by atoms with Crippen LogP contribution in [0.25, 0.3) is 11.3 Å². The SMILES string of the molecule is CCCn1cc(-c2cc(=O)[nH]c(COCC)n2)cn1. The van der Waals surface area contributed by atoms with Gasteiger partial charge in [0.05, 0.1) is 11.9 Å². The van der Waals surface area contributed by atoms with Gasteiger partial charge in [-0.05, 0) is 13.3 Å². The van der Waals surface area contributed by atoms with Gasteiger partial charge in [-0.25, -0.2) is 4.98 Å². The summed E-state index contributed by atoms with van der Waals surface area (Å²) in [6, 6.07) is 1.47. The van der Waals surface area contributed by atoms with E-state index in [1.165, 1.54) is 6.07 Å². The van der Waals surface area contributed by atoms with Crippen molar-refractivity contribution < 1.29 is 4.74 Å². The standard InChI is InChI=1S/C13H18N4O2/c1-3-5-17-8-10(7-14-17)11-6-13(18)16-12(15-11)9-19-4-2/h6-8H,3-5,9H2,1-2H3,(H,15,16,18). The fraction of sp³-hybridized carbons (Fsp3) is 0.462. The van der Waals surface area contributed by atoms with Gasteiger partial charge in [0.15, 0.2) is 0 Å². The van der Waals surface area contributed by atoms with Gasteiger partial charge < -0.3 is 9.72 Å². The van der Waals surface area contributed by atoms with Crippen LogP contribution in [0.15, 0.2) is 23.3 Å². The fourth-order valence-corrected chi connectivity index (χ4v) is 1.77. The number of nitrogens with zero attached hydrogens (tertiary/aromatic N) is 3. The zero-order valence-electron chi connectivity index (χ0n) is 11.2. The molecule has 0 fully saturated rings. The van der Waals surface area contributed by atoms with Gasteiger partial charge in [-0.1, -0.05) is 6.92 Å². The lowest BCUT2D eigenvalue weighted by Crippen LogP contribution is -2.12. The molecule has 0 unspecified atom stereocenters. The molecule has 1 N–H and O–H groups in total. The van der Waals surface area contributed by atoms with Gasteiger partial charge in [0.2, 0.25) is 0 Å². The van der Waals surface area contributed by atoms with Crippen LogP contribution >= 0.6 is 0 Å². The van der Waals surface area contributed by atoms with Crippen LogP contribution in [0.4, 0.5) is 0 Å². The first-order valence-electron chi connectivity index (χ1n) is 6.43. The van der Waals surface area contributed by atoms with Gasteiger partial charge in [-0.3, -0.25) is 9.48 Å². The topological polar surface area (TPSA) is 72.8 Å². The highest BCUT2D eigenvalue weighted by atomic mass is 16.5. The summed E-state index contributed by atoms with van der Waals surface area (Å²) in [6.07, 6.45) is 4.64. The smallest absolute Gasteiger partial charge is 0.251 e. The number of hydrogen-bond donors (Lipinski definition) is 1. The van der Waals surface area contributed by atoms with Gasteiger partial charge in [0, 0.05) is 31.0 Å². The highest BCUT2D eigenvalue weighted by Gasteiger charge is 2.06. The van der Waals surface area contributed by atoms with E-state index in [4.69, 9.17) is 4.74 Å². The minimum atomic E-state index is -0.178. The van der Waals surface area contributed by atoms with Crippen molar-refractivity contribution in [3.63, 3.8) is 0 Å². The van der Waals surface area contributed by atoms with Gasteiger partial charge in [0.25, 0.3) is 5.56 Å². The van der Waals surface area contributed by atoms with Crippen molar-refractivity contribution in [2.45, 2.75) is 33.4 Å². The molecule has 0 bridgehead atoms. The Kier molecular flexibility index (Phi) is 4.46. The van der Waals surface area contributed by atoms with E-state index in [0.717, 1.165) is 18.5 Å². The van der Waals surface area contributed by atoms with Crippen LogP contribution in [0, 0.1) is 0 Å². The van der Waals surface area contributed by atoms with Crippen molar-refractivity contribution in [3.8, 4) is 11.3 Å². The Bertz CT molecular complexity index is 588. The zero-order chi connectivity index (χ0) is 13.7. The normalized spacial score (nSPS) is 10.8. The number of aryl methyl sites for hydroxylation is 1. The van der Waals surface area contributed by atoms with Crippen LogP contribution < -0.4 is 5.56 Å². The zero-order valence-corrected chi connectivity index (χ0v) is 11.2. The van der Waals surface area contributed by atoms with Crippen molar-refractivity contribution in [3.05, 3.63) is 34.6 Å². The van der Waals surface area contributed by atoms with E-state index in [2.05, 4.69) is 22.0 Å². The second-order valence-corrected chi connectivity index (χ2v) is 4.21. The van der Waals surface area contributed by atoms with E-state index in [-0.39, 0.29) is 5.56 Å². The molecular weight excluding hydrogens is 244 g/mol. The summed E-state index contributed by atoms with van der Waals surface area (Å²) < 4.78 is 7.10. The summed E-state index contributed by atoms with van der Waals surface area (Å²) in [5, 5.41) is 4.24. The van der Waals surface area contributed by atoms with Crippen LogP contribution in [0.3, 0.4) is 0 Å². The van der Waals surface area contributed by atoms with Gasteiger partial charge in [-0.2, -0.15) is 5.10 Å². The summed E-state index contributed by atoms with van der Waals surface area (Å²) >= 11 is 0. The average molecular weight is 262 g/mol. The van der Waals surface area contributed by atoms with E-state index in [1.54, 1.807) is 6.20 Å². The molecule has 6 heteroatoms. The van der Waals surface area contributed by atoms with Crippen LogP contribution in [0.1, 0.15) is 26.1 Å². The van der Waals surface area contributed by atoms with Gasteiger partial charge in [0.1, 0.15) is 12.4 Å². The molecule has 0 spiro atoms. The minimum absolute atomic E-state index is 0.178. The molecule has 0 aliphatic rings. The predicted molar refractivity (Wildman–Crippen MR) is 71.7 cm³/mol. The van der Waals surface area contributed by atoms with E-state index in [9.17, 15) is 4.79 Å². The van der Waals surface area contributed by atoms with E-state index < -0.39 is 0 Å². The lowest BCUT2D eigenvalue weighted by atomic mass is 10.2. The Morgan fingerprint density at radius 1 is 1.42 bits per heavy atom. The van der Waals surface area contributed by atoms with Crippen molar-refractivity contribution in [2.75, 3.05) is 6.61 Å². The van der Waals surface area contributed by atoms with E-state index in [1.807, 2.05) is 17.8 Å². The molecule has 0 amide bonds. The molecular formula is C13H18N4O2. The summed E-state index contributed by atoms with van der Waals surface area (Å²) in [7, 11) is 0. The first kappa shape index (κ1) is 13.5. The number of ether oxygens (including phenoxy) is 1. The maximum atomic E-state index is 11.6. The van der Waals surface area contributed by atoms with E-state index in [0.29, 0.717) is 24.7 Å². The second kappa shape index (κ2) is 6.29. The van der Waals surface area contributed by atoms with E-state index >= 15 is 0 Å². The molecule has 0 aliphatic heterocycles. The van der Waals surface area contributed by atoms with Crippen molar-refractivity contribution in [1.82, 2.24) is 19.7 Å². The lowest BCUT2D eigenvalue weighted by Gasteiger charge is -2.02. The number of aromatic nitrogens is 4. The minimum Gasteiger partial charge on any atom is -0.374 e. The number of aromatic amines is 1. The molecule has 0 atom stereocenters. The third kappa shape index (κ3) is 3.51. The van der Waals surface area contributed by atoms with Crippen molar-refractivity contribution in [1.29, 1.82) is 0 Å². The second-order valence-electron chi connectivity index (χ2n) is 4.21.